The fraction of sp³-hybridized carbons (Fsp3) is 0.466. The molecule has 5 aromatic carbocycles. The van der Waals surface area contributed by atoms with E-state index in [0.29, 0.717) is 66.2 Å². The number of rotatable bonds is 21. The number of carboxylic acids is 1. The van der Waals surface area contributed by atoms with Crippen LogP contribution in [-0.2, 0) is 247 Å². The summed E-state index contributed by atoms with van der Waals surface area (Å²) in [6.45, 7) is 30.8. The van der Waals surface area contributed by atoms with E-state index in [0.717, 1.165) is 66.2 Å². The molecule has 13 rings (SSSR count). The minimum absolute atomic E-state index is 0. The van der Waals surface area contributed by atoms with Gasteiger partial charge in [-0.25, -0.2) is 0 Å². The first-order chi connectivity index (χ1) is 48.7. The number of amides is 2. The summed E-state index contributed by atoms with van der Waals surface area (Å²) < 4.78 is 9.00. The van der Waals surface area contributed by atoms with Gasteiger partial charge in [0.1, 0.15) is 8.65 Å². The van der Waals surface area contributed by atoms with E-state index in [1.165, 1.54) is 82.9 Å². The fourth-order valence-electron chi connectivity index (χ4n) is 17.0. The number of hydrogen-bond acceptors (Lipinski definition) is 5. The Hall–Kier alpha value is 1.80. The van der Waals surface area contributed by atoms with Crippen molar-refractivity contribution in [2.45, 2.75) is 157 Å². The van der Waals surface area contributed by atoms with Crippen LogP contribution in [0.25, 0.3) is 43.6 Å². The van der Waals surface area contributed by atoms with Crippen LogP contribution in [0, 0.1) is 95.2 Å². The number of carbonyl (C=O) groups excluding carboxylic acids is 3. The Labute approximate surface area is 853 Å². The molecule has 4 bridgehead atoms. The van der Waals surface area contributed by atoms with Crippen molar-refractivity contribution in [2.75, 3.05) is 20.2 Å². The van der Waals surface area contributed by atoms with Gasteiger partial charge >= 0.3 is 91.8 Å². The monoisotopic (exact) mass is 2250 g/mol. The van der Waals surface area contributed by atoms with Gasteiger partial charge in [-0.2, -0.15) is 0 Å². The molecule has 2 heterocycles. The van der Waals surface area contributed by atoms with Gasteiger partial charge < -0.3 is 61.4 Å². The molecule has 6 aliphatic rings. The third-order valence-electron chi connectivity index (χ3n) is 22.1. The fourth-order valence-corrected chi connectivity index (χ4v) is 20.1. The molecule has 594 valence electrons. The third-order valence-corrected chi connectivity index (χ3v) is 27.2. The van der Waals surface area contributed by atoms with E-state index >= 15 is 0 Å². The Bertz CT molecular complexity index is 4090. The SMILES string of the molecule is C.C.C.C1=CC2CC1CC2Cn1c2ccccc2c2ccccc21.C=CC1CC(/C=C\C2CC(C=C)C(Cn3c4ccccc4c4ccccc43)C2)C(CNC(=O)C(C)(C)CC(C)(Br)C(=O)O)C1.COC(=O)C(C)(Br)CC(C)(C)C(=O)NCC1CC2C=CC1C2.C[C](c1ccccc1)=[Ru]([Cl])[Cl].[CH2-]P.[CH2-]P.[Y].[Y].[Y].[Y].[Y].[Y]. The number of nitrogens with one attached hydrogen (secondary N) is 2. The van der Waals surface area contributed by atoms with E-state index in [1.807, 2.05) is 65.0 Å². The quantitative estimate of drug-likeness (QED) is 0.0164. The number of benzene rings is 5. The molecule has 2 aromatic heterocycles. The molecule has 111 heavy (non-hydrogen) atoms. The first-order valence-electron chi connectivity index (χ1n) is 35.9. The summed E-state index contributed by atoms with van der Waals surface area (Å²) in [6, 6.07) is 45.2. The minimum Gasteiger partial charge on any atom is -0.323 e. The van der Waals surface area contributed by atoms with Gasteiger partial charge in [0.15, 0.2) is 0 Å². The summed E-state index contributed by atoms with van der Waals surface area (Å²) in [6.07, 6.45) is 28.7. The number of carboxylic acid groups (broad SMARTS) is 1. The number of aromatic nitrogens is 2. The number of para-hydroxylation sites is 4. The molecule has 4 saturated carbocycles. The molecule has 2 amide bonds. The van der Waals surface area contributed by atoms with E-state index in [9.17, 15) is 24.3 Å². The Morgan fingerprint density at radius 1 is 0.523 bits per heavy atom. The van der Waals surface area contributed by atoms with E-state index in [-0.39, 0.29) is 243 Å². The van der Waals surface area contributed by atoms with Gasteiger partial charge in [0.05, 0.1) is 7.11 Å². The number of carbonyl (C=O) groups is 4. The second kappa shape index (κ2) is 54.4. The van der Waals surface area contributed by atoms with Crippen LogP contribution in [-0.4, -0.2) is 70.9 Å². The van der Waals surface area contributed by atoms with Crippen molar-refractivity contribution >= 4 is 141 Å². The van der Waals surface area contributed by atoms with Crippen molar-refractivity contribution in [3.63, 3.8) is 0 Å². The number of hydrogen-bond donors (Lipinski definition) is 3. The smallest absolute Gasteiger partial charge is 0 e. The zero-order chi connectivity index (χ0) is 74.3. The van der Waals surface area contributed by atoms with E-state index < -0.39 is 39.0 Å². The van der Waals surface area contributed by atoms with Gasteiger partial charge in [0.25, 0.3) is 0 Å². The first-order valence-corrected chi connectivity index (χ1v) is 44.5. The van der Waals surface area contributed by atoms with Crippen LogP contribution in [0.15, 0.2) is 189 Å². The molecule has 7 aromatic rings. The Morgan fingerprint density at radius 2 is 0.901 bits per heavy atom. The largest absolute Gasteiger partial charge is 0.323 e. The van der Waals surface area contributed by atoms with Gasteiger partial charge in [-0.1, -0.05) is 203 Å². The molecule has 6 aliphatic carbocycles. The number of allylic oxidation sites excluding steroid dienone is 8. The van der Waals surface area contributed by atoms with Crippen molar-refractivity contribution in [1.82, 2.24) is 19.8 Å². The van der Waals surface area contributed by atoms with Crippen LogP contribution in [0.3, 0.4) is 0 Å². The number of methoxy groups -OCH3 is 1. The summed E-state index contributed by atoms with van der Waals surface area (Å²) in [7, 11) is 17.4. The van der Waals surface area contributed by atoms with Crippen LogP contribution in [0.4, 0.5) is 0 Å². The number of esters is 1. The summed E-state index contributed by atoms with van der Waals surface area (Å²) >= 11 is 5.01. The molecule has 0 spiro atoms. The molecule has 23 heteroatoms. The van der Waals surface area contributed by atoms with E-state index in [1.54, 1.807) is 13.8 Å². The van der Waals surface area contributed by atoms with Gasteiger partial charge in [0.2, 0.25) is 11.8 Å². The Morgan fingerprint density at radius 3 is 1.28 bits per heavy atom. The second-order valence-corrected chi connectivity index (χ2v) is 40.0. The van der Waals surface area contributed by atoms with Crippen molar-refractivity contribution in [3.05, 3.63) is 208 Å². The molecule has 3 N–H and O–H groups in total. The Kier molecular flexibility index (Phi) is 56.3. The molecule has 16 unspecified atom stereocenters. The maximum atomic E-state index is 13.2. The topological polar surface area (TPSA) is 132 Å². The second-order valence-electron chi connectivity index (χ2n) is 30.3. The predicted octanol–water partition coefficient (Wildman–Crippen LogP) is 23.2. The van der Waals surface area contributed by atoms with Crippen molar-refractivity contribution in [3.8, 4) is 0 Å². The maximum absolute atomic E-state index is 13.2. The molecule has 0 saturated heterocycles. The van der Waals surface area contributed by atoms with Gasteiger partial charge in [-0.05, 0) is 173 Å². The van der Waals surface area contributed by atoms with E-state index in [4.69, 9.17) is 24.1 Å². The van der Waals surface area contributed by atoms with Gasteiger partial charge in [-0.3, -0.25) is 19.2 Å². The molecular weight excluding hydrogens is 2140 g/mol. The number of ether oxygens (including phenoxy) is 1. The standard InChI is InChI=1S/C38H47BrN2O3.C20H19N.C17H26BrNO3.C8H8.2CH4P.3CH4.2ClH.Ru.6Y/c1-6-25-18-28(29(19-25)22-40-35(42)37(3,4)24-38(5,39)36(43)44)17-16-26-20-27(7-2)30(21-26)23-41-33-14-10-8-12-31(33)32-13-9-11-15-34(32)41;1-3-7-19-17(5-1)18-6-2-4-8-20(18)21(19)13-16-12-14-9-10-15(16)11-14;1-16(2,10-17(3,18)15(21)22-4)14(20)19-9-13-8-11-5-6-12(13)7-11;1-2-8-6-4-3-5-7-8;2*1-2;;;;;;;;;;;;/h6-17,25-30H,1-2,18-24H2,3-5H3,(H,40,42)(H,43,44);1-10,14-16H,11-13H2;5-6,11-13H,7-10H2,1-4H3,(H,19,20);3-7H,1H3;2*1-2H2;3*1H4;2*1H;;;;;;;/q;;;;2*-1;;;;;;+2;;;;;;/p-2/b17-16-;;;;;;;;;;;;;;;;;. The Balaban J connectivity index is 0. The molecule has 10 nitrogen and oxygen atoms in total. The molecule has 16 atom stereocenters. The van der Waals surface area contributed by atoms with Crippen LogP contribution >= 0.6 is 69.7 Å². The first kappa shape index (κ1) is 115. The van der Waals surface area contributed by atoms with Gasteiger partial charge in [0, 0.05) is 277 Å². The summed E-state index contributed by atoms with van der Waals surface area (Å²) in [5, 5.41) is 21.2. The maximum Gasteiger partial charge on any atom is 0 e. The number of alkyl halides is 2. The molecule has 6 radical (unpaired) electrons. The number of halogens is 4. The number of nitrogens with zero attached hydrogens (tertiary/aromatic N) is 2. The third kappa shape index (κ3) is 30.9. The molecular formula is C88H120Br2Cl2N4O6P2RuY6-2. The van der Waals surface area contributed by atoms with Crippen LogP contribution in [0.5, 0.6) is 0 Å². The minimum atomic E-state index is -1.67. The summed E-state index contributed by atoms with van der Waals surface area (Å²) in [5.74, 6) is 5.59. The molecule has 0 aliphatic heterocycles. The van der Waals surface area contributed by atoms with Crippen LogP contribution in [0.2, 0.25) is 0 Å². The summed E-state index contributed by atoms with van der Waals surface area (Å²) in [5.41, 5.74) is 5.10. The normalized spacial score (nSPS) is 22.9. The predicted molar refractivity (Wildman–Crippen MR) is 461 cm³/mol. The van der Waals surface area contributed by atoms with E-state index in [2.05, 4.69) is 242 Å². The van der Waals surface area contributed by atoms with Crippen molar-refractivity contribution in [2.24, 2.45) is 81.8 Å². The van der Waals surface area contributed by atoms with Crippen molar-refractivity contribution < 1.29 is 239 Å². The number of fused-ring (bicyclic) bond motifs is 10. The average molecular weight is 2260 g/mol. The zero-order valence-corrected chi connectivity index (χ0v) is 90.0. The van der Waals surface area contributed by atoms with Crippen LogP contribution < -0.4 is 10.6 Å². The van der Waals surface area contributed by atoms with Gasteiger partial charge in [-0.15, -0.1) is 13.2 Å². The van der Waals surface area contributed by atoms with Crippen molar-refractivity contribution in [1.29, 1.82) is 0 Å². The summed E-state index contributed by atoms with van der Waals surface area (Å²) in [4.78, 5) is 49.1. The average Bonchev–Trinajstić information content (AvgIpc) is 1.62. The molecule has 4 fully saturated rings. The van der Waals surface area contributed by atoms with Crippen LogP contribution in [0.1, 0.15) is 141 Å². The number of aliphatic carboxylic acids is 1. The zero-order valence-electron chi connectivity index (χ0n) is 64.3.